The van der Waals surface area contributed by atoms with E-state index in [4.69, 9.17) is 9.47 Å². The lowest BCUT2D eigenvalue weighted by Gasteiger charge is -2.36. The smallest absolute Gasteiger partial charge is 0.253 e. The largest absolute Gasteiger partial charge is 0.381 e. The van der Waals surface area contributed by atoms with Gasteiger partial charge in [0.15, 0.2) is 0 Å². The Morgan fingerprint density at radius 1 is 0.967 bits per heavy atom. The fourth-order valence-electron chi connectivity index (χ4n) is 4.26. The second-order valence-corrected chi connectivity index (χ2v) is 7.91. The number of nitrogens with one attached hydrogen (secondary N) is 2. The number of anilines is 1. The standard InChI is InChI=1S/C24H28N2O4/c27-22(25-17-19-9-6-14-30-19)20-10-4-5-11-21(20)26-23(28)24(12-15-29-16-13-24)18-7-2-1-3-8-18/h1-5,7-8,10-11,19H,6,9,12-17H2,(H,25,27)(H,26,28)/t19-/m1/s1. The van der Waals surface area contributed by atoms with Crippen molar-refractivity contribution in [1.29, 1.82) is 0 Å². The van der Waals surface area contributed by atoms with Crippen LogP contribution in [0.5, 0.6) is 0 Å². The summed E-state index contributed by atoms with van der Waals surface area (Å²) in [6, 6.07) is 17.0. The van der Waals surface area contributed by atoms with E-state index >= 15 is 0 Å². The Balaban J connectivity index is 1.53. The minimum atomic E-state index is -0.666. The summed E-state index contributed by atoms with van der Waals surface area (Å²) in [5, 5.41) is 5.98. The van der Waals surface area contributed by atoms with E-state index in [1.165, 1.54) is 0 Å². The summed E-state index contributed by atoms with van der Waals surface area (Å²) in [6.07, 6.45) is 3.27. The molecule has 2 saturated heterocycles. The molecular weight excluding hydrogens is 380 g/mol. The zero-order chi connectivity index (χ0) is 20.8. The number of carbonyl (C=O) groups excluding carboxylic acids is 2. The first-order valence-corrected chi connectivity index (χ1v) is 10.6. The summed E-state index contributed by atoms with van der Waals surface area (Å²) < 4.78 is 11.1. The summed E-state index contributed by atoms with van der Waals surface area (Å²) in [5.74, 6) is -0.307. The summed E-state index contributed by atoms with van der Waals surface area (Å²) in [6.45, 7) is 2.29. The average Bonchev–Trinajstić information content (AvgIpc) is 3.32. The number of benzene rings is 2. The van der Waals surface area contributed by atoms with Crippen molar-refractivity contribution in [3.63, 3.8) is 0 Å². The molecule has 0 saturated carbocycles. The third kappa shape index (κ3) is 4.40. The number of hydrogen-bond acceptors (Lipinski definition) is 4. The lowest BCUT2D eigenvalue weighted by molar-refractivity contribution is -0.125. The highest BCUT2D eigenvalue weighted by Crippen LogP contribution is 2.36. The molecule has 2 aromatic carbocycles. The minimum Gasteiger partial charge on any atom is -0.381 e. The van der Waals surface area contributed by atoms with Crippen LogP contribution in [0.2, 0.25) is 0 Å². The fraction of sp³-hybridized carbons (Fsp3) is 0.417. The molecule has 2 aliphatic heterocycles. The first-order chi connectivity index (χ1) is 14.7. The van der Waals surface area contributed by atoms with Crippen molar-refractivity contribution in [2.75, 3.05) is 31.7 Å². The van der Waals surface area contributed by atoms with Crippen molar-refractivity contribution < 1.29 is 19.1 Å². The number of amides is 2. The zero-order valence-corrected chi connectivity index (χ0v) is 17.1. The monoisotopic (exact) mass is 408 g/mol. The number of carbonyl (C=O) groups is 2. The lowest BCUT2D eigenvalue weighted by atomic mass is 9.73. The second-order valence-electron chi connectivity index (χ2n) is 7.91. The van der Waals surface area contributed by atoms with Crippen LogP contribution in [0.1, 0.15) is 41.6 Å². The van der Waals surface area contributed by atoms with Crippen molar-refractivity contribution in [3.8, 4) is 0 Å². The molecule has 2 aliphatic rings. The fourth-order valence-corrected chi connectivity index (χ4v) is 4.26. The summed E-state index contributed by atoms with van der Waals surface area (Å²) in [5.41, 5.74) is 1.29. The Hall–Kier alpha value is -2.70. The van der Waals surface area contributed by atoms with E-state index in [0.29, 0.717) is 43.9 Å². The van der Waals surface area contributed by atoms with Gasteiger partial charge in [0.25, 0.3) is 5.91 Å². The second kappa shape index (κ2) is 9.41. The van der Waals surface area contributed by atoms with Crippen LogP contribution in [0.25, 0.3) is 0 Å². The van der Waals surface area contributed by atoms with Crippen LogP contribution in [0, 0.1) is 0 Å². The van der Waals surface area contributed by atoms with Crippen LogP contribution in [-0.4, -0.2) is 44.3 Å². The van der Waals surface area contributed by atoms with E-state index in [2.05, 4.69) is 10.6 Å². The summed E-state index contributed by atoms with van der Waals surface area (Å²) in [4.78, 5) is 26.3. The van der Waals surface area contributed by atoms with Crippen LogP contribution < -0.4 is 10.6 Å². The third-order valence-corrected chi connectivity index (χ3v) is 6.04. The minimum absolute atomic E-state index is 0.0688. The molecule has 2 heterocycles. The average molecular weight is 408 g/mol. The van der Waals surface area contributed by atoms with E-state index in [1.807, 2.05) is 36.4 Å². The van der Waals surface area contributed by atoms with Gasteiger partial charge in [-0.05, 0) is 43.4 Å². The van der Waals surface area contributed by atoms with Crippen LogP contribution in [0.4, 0.5) is 5.69 Å². The van der Waals surface area contributed by atoms with Crippen molar-refractivity contribution >= 4 is 17.5 Å². The van der Waals surface area contributed by atoms with Gasteiger partial charge in [-0.15, -0.1) is 0 Å². The highest BCUT2D eigenvalue weighted by molar-refractivity contribution is 6.06. The van der Waals surface area contributed by atoms with Gasteiger partial charge in [0.2, 0.25) is 5.91 Å². The van der Waals surface area contributed by atoms with Crippen molar-refractivity contribution in [3.05, 3.63) is 65.7 Å². The maximum absolute atomic E-state index is 13.5. The van der Waals surface area contributed by atoms with Crippen LogP contribution >= 0.6 is 0 Å². The maximum atomic E-state index is 13.5. The normalized spacial score (nSPS) is 20.5. The van der Waals surface area contributed by atoms with Gasteiger partial charge in [-0.2, -0.15) is 0 Å². The number of ether oxygens (including phenoxy) is 2. The van der Waals surface area contributed by atoms with E-state index in [-0.39, 0.29) is 17.9 Å². The molecule has 2 aromatic rings. The number of hydrogen-bond donors (Lipinski definition) is 2. The van der Waals surface area contributed by atoms with Crippen molar-refractivity contribution in [2.24, 2.45) is 0 Å². The van der Waals surface area contributed by atoms with E-state index in [1.54, 1.807) is 18.2 Å². The molecule has 0 aromatic heterocycles. The summed E-state index contributed by atoms with van der Waals surface area (Å²) in [7, 11) is 0. The highest BCUT2D eigenvalue weighted by Gasteiger charge is 2.42. The first-order valence-electron chi connectivity index (χ1n) is 10.6. The molecule has 2 fully saturated rings. The SMILES string of the molecule is O=C(NC[C@H]1CCCO1)c1ccccc1NC(=O)C1(c2ccccc2)CCOCC1. The van der Waals surface area contributed by atoms with Gasteiger partial charge in [-0.3, -0.25) is 9.59 Å². The molecule has 0 aliphatic carbocycles. The lowest BCUT2D eigenvalue weighted by Crippen LogP contribution is -2.45. The van der Waals surface area contributed by atoms with Gasteiger partial charge in [0.1, 0.15) is 0 Å². The molecule has 0 bridgehead atoms. The molecule has 1 atom stereocenters. The Morgan fingerprint density at radius 3 is 2.43 bits per heavy atom. The van der Waals surface area contributed by atoms with Crippen molar-refractivity contribution in [1.82, 2.24) is 5.32 Å². The van der Waals surface area contributed by atoms with E-state index in [0.717, 1.165) is 25.0 Å². The molecule has 2 N–H and O–H groups in total. The molecule has 0 unspecified atom stereocenters. The van der Waals surface area contributed by atoms with Crippen molar-refractivity contribution in [2.45, 2.75) is 37.2 Å². The Bertz CT molecular complexity index is 872. The maximum Gasteiger partial charge on any atom is 0.253 e. The molecule has 6 nitrogen and oxygen atoms in total. The molecule has 0 radical (unpaired) electrons. The third-order valence-electron chi connectivity index (χ3n) is 6.04. The topological polar surface area (TPSA) is 76.7 Å². The van der Waals surface area contributed by atoms with Crippen LogP contribution in [-0.2, 0) is 19.7 Å². The Kier molecular flexibility index (Phi) is 6.45. The molecular formula is C24H28N2O4. The number of rotatable bonds is 6. The van der Waals surface area contributed by atoms with Gasteiger partial charge in [-0.25, -0.2) is 0 Å². The highest BCUT2D eigenvalue weighted by atomic mass is 16.5. The molecule has 158 valence electrons. The predicted octanol–water partition coefficient (Wildman–Crippen LogP) is 3.28. The van der Waals surface area contributed by atoms with Gasteiger partial charge in [0, 0.05) is 26.4 Å². The number of para-hydroxylation sites is 1. The zero-order valence-electron chi connectivity index (χ0n) is 17.1. The Morgan fingerprint density at radius 2 is 1.70 bits per heavy atom. The summed E-state index contributed by atoms with van der Waals surface area (Å²) >= 11 is 0. The molecule has 4 rings (SSSR count). The molecule has 0 spiro atoms. The van der Waals surface area contributed by atoms with Crippen LogP contribution in [0.15, 0.2) is 54.6 Å². The van der Waals surface area contributed by atoms with E-state index < -0.39 is 5.41 Å². The van der Waals surface area contributed by atoms with Gasteiger partial charge in [0.05, 0.1) is 22.8 Å². The van der Waals surface area contributed by atoms with Gasteiger partial charge in [-0.1, -0.05) is 42.5 Å². The molecule has 30 heavy (non-hydrogen) atoms. The molecule has 2 amide bonds. The van der Waals surface area contributed by atoms with Crippen LogP contribution in [0.3, 0.4) is 0 Å². The van der Waals surface area contributed by atoms with E-state index in [9.17, 15) is 9.59 Å². The predicted molar refractivity (Wildman–Crippen MR) is 115 cm³/mol. The van der Waals surface area contributed by atoms with Gasteiger partial charge >= 0.3 is 0 Å². The molecule has 6 heteroatoms. The first kappa shape index (κ1) is 20.6. The quantitative estimate of drug-likeness (QED) is 0.769. The Labute approximate surface area is 177 Å². The van der Waals surface area contributed by atoms with Gasteiger partial charge < -0.3 is 20.1 Å².